The second kappa shape index (κ2) is 8.97. The van der Waals surface area contributed by atoms with Crippen LogP contribution in [0.3, 0.4) is 0 Å². The van der Waals surface area contributed by atoms with Crippen molar-refractivity contribution in [2.75, 3.05) is 5.32 Å². The molecule has 0 atom stereocenters. The molecule has 0 saturated carbocycles. The molecule has 4 rings (SSSR count). The maximum absolute atomic E-state index is 12.9. The van der Waals surface area contributed by atoms with Crippen LogP contribution in [0.5, 0.6) is 0 Å². The van der Waals surface area contributed by atoms with Crippen molar-refractivity contribution in [1.82, 2.24) is 14.3 Å². The summed E-state index contributed by atoms with van der Waals surface area (Å²) < 4.78 is 35.7. The van der Waals surface area contributed by atoms with E-state index in [1.54, 1.807) is 37.0 Å². The summed E-state index contributed by atoms with van der Waals surface area (Å²) >= 11 is 6.35. The lowest BCUT2D eigenvalue weighted by Crippen LogP contribution is -2.24. The van der Waals surface area contributed by atoms with Crippen molar-refractivity contribution >= 4 is 27.3 Å². The van der Waals surface area contributed by atoms with Crippen LogP contribution in [-0.4, -0.2) is 18.0 Å². The summed E-state index contributed by atoms with van der Waals surface area (Å²) in [7, 11) is -3.82. The van der Waals surface area contributed by atoms with Crippen LogP contribution in [0.15, 0.2) is 82.8 Å². The molecule has 2 N–H and O–H groups in total. The summed E-state index contributed by atoms with van der Waals surface area (Å²) in [5.74, 6) is 0.536. The highest BCUT2D eigenvalue weighted by atomic mass is 35.5. The lowest BCUT2D eigenvalue weighted by atomic mass is 10.2. The van der Waals surface area contributed by atoms with Gasteiger partial charge in [-0.25, -0.2) is 18.1 Å². The number of aromatic nitrogens is 2. The number of nitrogens with one attached hydrogen (secondary N) is 2. The average molecular weight is 457 g/mol. The molecule has 0 aliphatic carbocycles. The van der Waals surface area contributed by atoms with Gasteiger partial charge in [0.1, 0.15) is 10.7 Å². The topological polar surface area (TPSA) is 89.2 Å². The predicted octanol–water partition coefficient (Wildman–Crippen LogP) is 4.52. The van der Waals surface area contributed by atoms with E-state index in [1.165, 1.54) is 6.07 Å². The van der Waals surface area contributed by atoms with Crippen LogP contribution < -0.4 is 10.0 Å². The molecule has 0 fully saturated rings. The molecule has 0 spiro atoms. The maximum atomic E-state index is 12.9. The third kappa shape index (κ3) is 4.99. The number of aryl methyl sites for hydroxylation is 1. The van der Waals surface area contributed by atoms with Crippen LogP contribution in [0, 0.1) is 6.92 Å². The van der Waals surface area contributed by atoms with Gasteiger partial charge in [-0.3, -0.25) is 0 Å². The zero-order valence-electron chi connectivity index (χ0n) is 16.7. The Labute approximate surface area is 185 Å². The number of sulfonamides is 1. The summed E-state index contributed by atoms with van der Waals surface area (Å²) in [5, 5.41) is 3.50. The Morgan fingerprint density at radius 3 is 2.71 bits per heavy atom. The van der Waals surface area contributed by atoms with Gasteiger partial charge in [0.15, 0.2) is 0 Å². The summed E-state index contributed by atoms with van der Waals surface area (Å²) in [4.78, 5) is 4.14. The number of hydrogen-bond acceptors (Lipinski definition) is 5. The minimum Gasteiger partial charge on any atom is -0.468 e. The van der Waals surface area contributed by atoms with Crippen LogP contribution in [0.2, 0.25) is 5.02 Å². The van der Waals surface area contributed by atoms with E-state index in [0.717, 1.165) is 16.8 Å². The second-order valence-electron chi connectivity index (χ2n) is 7.02. The molecule has 0 aliphatic heterocycles. The fourth-order valence-corrected chi connectivity index (χ4v) is 4.65. The fraction of sp³-hybridized carbons (Fsp3) is 0.136. The summed E-state index contributed by atoms with van der Waals surface area (Å²) in [5.41, 5.74) is 3.20. The van der Waals surface area contributed by atoms with E-state index in [0.29, 0.717) is 23.0 Å². The molecular formula is C22H21ClN4O3S. The van der Waals surface area contributed by atoms with Gasteiger partial charge in [0.25, 0.3) is 0 Å². The van der Waals surface area contributed by atoms with E-state index >= 15 is 0 Å². The number of nitrogens with zero attached hydrogens (tertiary/aromatic N) is 2. The van der Waals surface area contributed by atoms with Gasteiger partial charge in [-0.05, 0) is 48.4 Å². The van der Waals surface area contributed by atoms with E-state index in [4.69, 9.17) is 16.0 Å². The zero-order valence-corrected chi connectivity index (χ0v) is 18.3. The quantitative estimate of drug-likeness (QED) is 0.407. The zero-order chi connectivity index (χ0) is 21.8. The molecule has 0 aliphatic rings. The highest BCUT2D eigenvalue weighted by Crippen LogP contribution is 2.30. The summed E-state index contributed by atoms with van der Waals surface area (Å²) in [6.45, 7) is 2.32. The number of imidazole rings is 1. The summed E-state index contributed by atoms with van der Waals surface area (Å²) in [6, 6.07) is 14.4. The molecule has 160 valence electrons. The normalized spacial score (nSPS) is 11.5. The maximum Gasteiger partial charge on any atom is 0.243 e. The van der Waals surface area contributed by atoms with E-state index in [2.05, 4.69) is 15.0 Å². The van der Waals surface area contributed by atoms with E-state index in [-0.39, 0.29) is 11.4 Å². The van der Waals surface area contributed by atoms with Gasteiger partial charge in [-0.2, -0.15) is 0 Å². The Kier molecular flexibility index (Phi) is 6.13. The third-order valence-corrected chi connectivity index (χ3v) is 6.43. The number of benzene rings is 2. The minimum absolute atomic E-state index is 0.0507. The molecule has 9 heteroatoms. The monoisotopic (exact) mass is 456 g/mol. The van der Waals surface area contributed by atoms with Gasteiger partial charge < -0.3 is 14.3 Å². The number of anilines is 1. The first-order valence-corrected chi connectivity index (χ1v) is 11.4. The van der Waals surface area contributed by atoms with Crippen molar-refractivity contribution in [3.8, 4) is 5.69 Å². The number of rotatable bonds is 8. The van der Waals surface area contributed by atoms with Gasteiger partial charge in [-0.15, -0.1) is 0 Å². The van der Waals surface area contributed by atoms with Crippen molar-refractivity contribution in [1.29, 1.82) is 0 Å². The molecule has 7 nitrogen and oxygen atoms in total. The first-order chi connectivity index (χ1) is 14.9. The molecule has 0 saturated heterocycles. The Hall–Kier alpha value is -3.07. The van der Waals surface area contributed by atoms with Crippen molar-refractivity contribution in [2.24, 2.45) is 0 Å². The van der Waals surface area contributed by atoms with E-state index in [1.807, 2.05) is 42.0 Å². The highest BCUT2D eigenvalue weighted by molar-refractivity contribution is 7.89. The van der Waals surface area contributed by atoms with Crippen LogP contribution in [0.25, 0.3) is 5.69 Å². The largest absolute Gasteiger partial charge is 0.468 e. The van der Waals surface area contributed by atoms with Crippen molar-refractivity contribution in [2.45, 2.75) is 24.9 Å². The molecule has 0 bridgehead atoms. The molecule has 0 amide bonds. The smallest absolute Gasteiger partial charge is 0.243 e. The van der Waals surface area contributed by atoms with Crippen LogP contribution >= 0.6 is 11.6 Å². The molecule has 2 heterocycles. The highest BCUT2D eigenvalue weighted by Gasteiger charge is 2.21. The fourth-order valence-electron chi connectivity index (χ4n) is 3.16. The minimum atomic E-state index is -3.82. The third-order valence-electron chi connectivity index (χ3n) is 4.67. The van der Waals surface area contributed by atoms with Gasteiger partial charge in [-0.1, -0.05) is 29.8 Å². The van der Waals surface area contributed by atoms with Gasteiger partial charge in [0, 0.05) is 24.6 Å². The number of halogens is 1. The molecule has 0 radical (unpaired) electrons. The van der Waals surface area contributed by atoms with Crippen molar-refractivity contribution in [3.63, 3.8) is 0 Å². The molecule has 2 aromatic heterocycles. The van der Waals surface area contributed by atoms with Gasteiger partial charge in [0.2, 0.25) is 10.0 Å². The molecule has 31 heavy (non-hydrogen) atoms. The van der Waals surface area contributed by atoms with Gasteiger partial charge in [0.05, 0.1) is 29.8 Å². The van der Waals surface area contributed by atoms with E-state index < -0.39 is 10.0 Å². The van der Waals surface area contributed by atoms with Crippen molar-refractivity contribution in [3.05, 3.63) is 95.4 Å². The molecular weight excluding hydrogens is 436 g/mol. The average Bonchev–Trinajstić information content (AvgIpc) is 3.43. The number of furan rings is 1. The molecule has 2 aromatic carbocycles. The van der Waals surface area contributed by atoms with Crippen LogP contribution in [0.1, 0.15) is 16.9 Å². The SMILES string of the molecule is Cc1coc(CNS(=O)(=O)c2cccc(Cl)c2NCc2cccc(-n3ccnc3)c2)c1. The summed E-state index contributed by atoms with van der Waals surface area (Å²) in [6.07, 6.45) is 6.87. The van der Waals surface area contributed by atoms with Crippen LogP contribution in [-0.2, 0) is 23.1 Å². The molecule has 0 unspecified atom stereocenters. The molecule has 4 aromatic rings. The number of hydrogen-bond donors (Lipinski definition) is 2. The lowest BCUT2D eigenvalue weighted by Gasteiger charge is -2.15. The standard InChI is InChI=1S/C22H21ClN4O3S/c1-16-10-19(30-14-16)13-26-31(28,29)21-7-3-6-20(23)22(21)25-12-17-4-2-5-18(11-17)27-9-8-24-15-27/h2-11,14-15,25-26H,12-13H2,1H3. The second-order valence-corrected chi connectivity index (χ2v) is 9.16. The van der Waals surface area contributed by atoms with Crippen LogP contribution in [0.4, 0.5) is 5.69 Å². The van der Waals surface area contributed by atoms with Crippen molar-refractivity contribution < 1.29 is 12.8 Å². The Morgan fingerprint density at radius 2 is 1.97 bits per heavy atom. The lowest BCUT2D eigenvalue weighted by molar-refractivity contribution is 0.498. The first kappa shape index (κ1) is 21.2. The van der Waals surface area contributed by atoms with E-state index in [9.17, 15) is 8.42 Å². The predicted molar refractivity (Wildman–Crippen MR) is 120 cm³/mol. The number of para-hydroxylation sites is 1. The Balaban J connectivity index is 1.53. The first-order valence-electron chi connectivity index (χ1n) is 9.56. The Bertz CT molecular complexity index is 1280. The Morgan fingerprint density at radius 1 is 1.13 bits per heavy atom. The van der Waals surface area contributed by atoms with Gasteiger partial charge >= 0.3 is 0 Å².